The largest absolute Gasteiger partial charge is 0.481 e. The van der Waals surface area contributed by atoms with Gasteiger partial charge in [0.25, 0.3) is 0 Å². The summed E-state index contributed by atoms with van der Waals surface area (Å²) in [6.45, 7) is 21.2. The van der Waals surface area contributed by atoms with E-state index in [9.17, 15) is 14.7 Å². The molecule has 4 N–H and O–H groups in total. The summed E-state index contributed by atoms with van der Waals surface area (Å²) in [5.41, 5.74) is 5.77. The van der Waals surface area contributed by atoms with E-state index < -0.39 is 11.9 Å². The highest BCUT2D eigenvalue weighted by Crippen LogP contribution is 2.75. The van der Waals surface area contributed by atoms with Crippen LogP contribution >= 0.6 is 0 Å². The van der Waals surface area contributed by atoms with Gasteiger partial charge in [0, 0.05) is 37.4 Å². The lowest BCUT2D eigenvalue weighted by Crippen LogP contribution is -2.70. The minimum atomic E-state index is -0.640. The van der Waals surface area contributed by atoms with Gasteiger partial charge in [0.1, 0.15) is 12.2 Å². The van der Waals surface area contributed by atoms with Gasteiger partial charge in [0.15, 0.2) is 0 Å². The normalized spacial score (nSPS) is 45.4. The molecule has 1 aliphatic heterocycles. The Hall–Kier alpha value is -1.48. The first-order valence-corrected chi connectivity index (χ1v) is 17.3. The average molecular weight is 617 g/mol. The van der Waals surface area contributed by atoms with Gasteiger partial charge in [0.2, 0.25) is 0 Å². The fourth-order valence-electron chi connectivity index (χ4n) is 11.7. The van der Waals surface area contributed by atoms with E-state index in [0.717, 1.165) is 38.6 Å². The van der Waals surface area contributed by atoms with E-state index >= 15 is 0 Å². The zero-order chi connectivity index (χ0) is 32.3. The first-order valence-electron chi connectivity index (χ1n) is 17.3. The van der Waals surface area contributed by atoms with Crippen molar-refractivity contribution in [2.24, 2.45) is 62.4 Å². The van der Waals surface area contributed by atoms with Gasteiger partial charge in [-0.15, -0.1) is 0 Å². The third kappa shape index (κ3) is 4.91. The van der Waals surface area contributed by atoms with E-state index in [0.29, 0.717) is 57.1 Å². The summed E-state index contributed by atoms with van der Waals surface area (Å²) in [5, 5.41) is 14.2. The monoisotopic (exact) mass is 616 g/mol. The molecular weight excluding hydrogens is 556 g/mol. The quantitative estimate of drug-likeness (QED) is 0.169. The van der Waals surface area contributed by atoms with E-state index in [1.165, 1.54) is 12.5 Å². The highest BCUT2D eigenvalue weighted by molar-refractivity contribution is 5.73. The number of aliphatic carboxylic acids is 1. The predicted molar refractivity (Wildman–Crippen MR) is 171 cm³/mol. The Morgan fingerprint density at radius 2 is 1.82 bits per heavy atom. The summed E-state index contributed by atoms with van der Waals surface area (Å²) in [6.07, 6.45) is 7.31. The summed E-state index contributed by atoms with van der Waals surface area (Å²) in [5.74, 6) is 0.0163. The molecule has 0 aromatic carbocycles. The Bertz CT molecular complexity index is 1140. The molecule has 8 heteroatoms. The van der Waals surface area contributed by atoms with Crippen molar-refractivity contribution in [1.29, 1.82) is 0 Å². The lowest BCUT2D eigenvalue weighted by molar-refractivity contribution is -0.266. The molecule has 8 nitrogen and oxygen atoms in total. The molecule has 0 aromatic rings. The van der Waals surface area contributed by atoms with Crippen LogP contribution in [0.4, 0.5) is 0 Å². The molecule has 0 amide bonds. The molecule has 5 aliphatic rings. The number of esters is 1. The Kier molecular flexibility index (Phi) is 9.20. The summed E-state index contributed by atoms with van der Waals surface area (Å²) in [7, 11) is 0. The summed E-state index contributed by atoms with van der Waals surface area (Å²) in [4.78, 5) is 25.8. The van der Waals surface area contributed by atoms with Crippen LogP contribution in [-0.2, 0) is 23.8 Å². The smallest absolute Gasteiger partial charge is 0.307 e. The molecule has 0 radical (unpaired) electrons. The molecule has 250 valence electrons. The Morgan fingerprint density at radius 3 is 2.45 bits per heavy atom. The van der Waals surface area contributed by atoms with E-state index in [1.807, 2.05) is 0 Å². The van der Waals surface area contributed by atoms with Gasteiger partial charge in [0.05, 0.1) is 25.7 Å². The van der Waals surface area contributed by atoms with E-state index in [-0.39, 0.29) is 51.2 Å². The molecule has 0 spiro atoms. The molecule has 4 fully saturated rings. The van der Waals surface area contributed by atoms with E-state index in [4.69, 9.17) is 19.9 Å². The third-order valence-electron chi connectivity index (χ3n) is 14.3. The number of hydrogen-bond donors (Lipinski definition) is 3. The van der Waals surface area contributed by atoms with Gasteiger partial charge in [-0.3, -0.25) is 9.59 Å². The number of carboxylic acid groups (broad SMARTS) is 1. The molecule has 44 heavy (non-hydrogen) atoms. The molecule has 5 rings (SSSR count). The number of carbonyl (C=O) groups excluding carboxylic acids is 1. The van der Waals surface area contributed by atoms with Gasteiger partial charge in [-0.05, 0) is 78.4 Å². The molecule has 2 bridgehead atoms. The minimum Gasteiger partial charge on any atom is -0.481 e. The molecule has 1 heterocycles. The maximum Gasteiger partial charge on any atom is 0.307 e. The third-order valence-corrected chi connectivity index (χ3v) is 14.3. The van der Waals surface area contributed by atoms with E-state index in [2.05, 4.69) is 59.9 Å². The highest BCUT2D eigenvalue weighted by Gasteiger charge is 2.72. The van der Waals surface area contributed by atoms with Gasteiger partial charge in [-0.2, -0.15) is 0 Å². The van der Waals surface area contributed by atoms with Gasteiger partial charge >= 0.3 is 11.9 Å². The van der Waals surface area contributed by atoms with Crippen LogP contribution in [0.3, 0.4) is 0 Å². The standard InChI is InChI=1S/C36H60N2O6/c1-22(2)23(3)32(5)13-14-34(7)25-9-10-28-33(6)20-42-21-36(28,26(25)11-12-35(34,8)29(32)31(40)41)19-27(44-24(4)39)30(33)43-18-17-38-16-15-37/h11,22-23,25,27-30,38H,9-10,12-21,37H2,1-8H3,(H,40,41)/t23-,25+,27-,28+,29-,30+,32-,33-,34-,35+,36+/m1/s1. The minimum absolute atomic E-state index is 0.150. The van der Waals surface area contributed by atoms with Crippen molar-refractivity contribution in [3.05, 3.63) is 11.6 Å². The number of carbonyl (C=O) groups is 2. The van der Waals surface area contributed by atoms with Crippen molar-refractivity contribution in [2.45, 2.75) is 106 Å². The number of hydrogen-bond acceptors (Lipinski definition) is 7. The fourth-order valence-corrected chi connectivity index (χ4v) is 11.7. The molecule has 0 aromatic heterocycles. The first-order chi connectivity index (χ1) is 20.6. The van der Waals surface area contributed by atoms with Crippen molar-refractivity contribution in [3.63, 3.8) is 0 Å². The molecule has 11 atom stereocenters. The number of nitrogens with one attached hydrogen (secondary N) is 1. The van der Waals surface area contributed by atoms with Crippen LogP contribution in [0.1, 0.15) is 93.9 Å². The zero-order valence-corrected chi connectivity index (χ0v) is 28.7. The lowest BCUT2D eigenvalue weighted by Gasteiger charge is -2.71. The Balaban J connectivity index is 1.54. The highest BCUT2D eigenvalue weighted by atomic mass is 16.6. The maximum atomic E-state index is 13.3. The van der Waals surface area contributed by atoms with Crippen LogP contribution in [0.2, 0.25) is 0 Å². The van der Waals surface area contributed by atoms with Crippen molar-refractivity contribution >= 4 is 11.9 Å². The number of allylic oxidation sites excluding steroid dienone is 1. The second kappa shape index (κ2) is 12.0. The van der Waals surface area contributed by atoms with Gasteiger partial charge in [-0.1, -0.05) is 60.1 Å². The number of rotatable bonds is 10. The SMILES string of the molecule is CC(=O)O[C@@H]1C[C@@]23COC[C@](C)([C@@H]2CC[C@H]2C3=CC[C@@]3(C)[C@H](C(=O)O)[C@@](C)([C@H](C)C(C)C)CC[C@]23C)[C@H]1OCCNCCN. The average Bonchev–Trinajstić information content (AvgIpc) is 2.93. The summed E-state index contributed by atoms with van der Waals surface area (Å²) < 4.78 is 19.2. The fraction of sp³-hybridized carbons (Fsp3) is 0.889. The van der Waals surface area contributed by atoms with Crippen LogP contribution < -0.4 is 11.1 Å². The van der Waals surface area contributed by atoms with Gasteiger partial charge in [-0.25, -0.2) is 0 Å². The van der Waals surface area contributed by atoms with E-state index in [1.54, 1.807) is 0 Å². The number of ether oxygens (including phenoxy) is 3. The second-order valence-corrected chi connectivity index (χ2v) is 16.5. The van der Waals surface area contributed by atoms with Gasteiger partial charge < -0.3 is 30.4 Å². The molecule has 0 unspecified atom stereocenters. The van der Waals surface area contributed by atoms with Crippen LogP contribution in [0, 0.1) is 56.7 Å². The summed E-state index contributed by atoms with van der Waals surface area (Å²) >= 11 is 0. The second-order valence-electron chi connectivity index (χ2n) is 16.5. The Morgan fingerprint density at radius 1 is 1.09 bits per heavy atom. The Labute approximate surface area is 265 Å². The summed E-state index contributed by atoms with van der Waals surface area (Å²) in [6, 6.07) is 0. The van der Waals surface area contributed by atoms with Crippen molar-refractivity contribution in [2.75, 3.05) is 39.5 Å². The zero-order valence-electron chi connectivity index (χ0n) is 28.7. The van der Waals surface area contributed by atoms with Crippen LogP contribution in [-0.4, -0.2) is 68.7 Å². The van der Waals surface area contributed by atoms with Crippen molar-refractivity contribution in [1.82, 2.24) is 5.32 Å². The van der Waals surface area contributed by atoms with Crippen molar-refractivity contribution in [3.8, 4) is 0 Å². The number of nitrogens with two attached hydrogens (primary N) is 1. The van der Waals surface area contributed by atoms with Crippen LogP contribution in [0.25, 0.3) is 0 Å². The van der Waals surface area contributed by atoms with Crippen molar-refractivity contribution < 1.29 is 28.9 Å². The first kappa shape index (κ1) is 33.9. The van der Waals surface area contributed by atoms with Crippen LogP contribution in [0.15, 0.2) is 11.6 Å². The number of carboxylic acids is 1. The molecule has 4 aliphatic carbocycles. The maximum absolute atomic E-state index is 13.3. The topological polar surface area (TPSA) is 120 Å². The predicted octanol–water partition coefficient (Wildman–Crippen LogP) is 5.44. The number of fused-ring (bicyclic) bond motifs is 3. The molecule has 1 saturated heterocycles. The molecular formula is C36H60N2O6. The van der Waals surface area contributed by atoms with Crippen LogP contribution in [0.5, 0.6) is 0 Å². The molecule has 3 saturated carbocycles. The lowest BCUT2D eigenvalue weighted by atomic mass is 9.34.